The number of hydrogen-bond donors (Lipinski definition) is 3. The van der Waals surface area contributed by atoms with Gasteiger partial charge in [0.2, 0.25) is 5.88 Å². The van der Waals surface area contributed by atoms with Crippen LogP contribution in [0.5, 0.6) is 17.4 Å². The zero-order valence-corrected chi connectivity index (χ0v) is 23.0. The molecule has 1 atom stereocenters. The number of carboxylic acids is 1. The highest BCUT2D eigenvalue weighted by Crippen LogP contribution is 2.38. The van der Waals surface area contributed by atoms with E-state index in [1.165, 1.54) is 6.33 Å². The monoisotopic (exact) mass is 580 g/mol. The lowest BCUT2D eigenvalue weighted by atomic mass is 10.0. The normalized spacial score (nSPS) is 11.5. The van der Waals surface area contributed by atoms with Crippen molar-refractivity contribution < 1.29 is 24.5 Å². The van der Waals surface area contributed by atoms with Crippen LogP contribution in [0.25, 0.3) is 22.0 Å². The van der Waals surface area contributed by atoms with Crippen LogP contribution in [0.15, 0.2) is 91.3 Å². The molecule has 0 aliphatic rings. The number of aliphatic hydroxyl groups excluding tert-OH is 1. The number of fused-ring (bicyclic) bond motifs is 1. The molecule has 0 bridgehead atoms. The molecule has 0 fully saturated rings. The van der Waals surface area contributed by atoms with E-state index in [4.69, 9.17) is 21.1 Å². The second kappa shape index (κ2) is 13.1. The number of benzene rings is 4. The first kappa shape index (κ1) is 28.5. The third-order valence-corrected chi connectivity index (χ3v) is 6.80. The third-order valence-electron chi connectivity index (χ3n) is 6.50. The number of rotatable bonds is 11. The number of aliphatic carboxylic acids is 1. The minimum Gasteiger partial charge on any atom is -0.488 e. The van der Waals surface area contributed by atoms with Crippen LogP contribution in [0.1, 0.15) is 16.7 Å². The average Bonchev–Trinajstić information content (AvgIpc) is 3.02. The van der Waals surface area contributed by atoms with Gasteiger partial charge in [-0.3, -0.25) is 10.1 Å². The van der Waals surface area contributed by atoms with Crippen molar-refractivity contribution >= 4 is 28.5 Å². The molecule has 0 aliphatic heterocycles. The summed E-state index contributed by atoms with van der Waals surface area (Å²) in [7, 11) is 0. The lowest BCUT2D eigenvalue weighted by molar-refractivity contribution is -0.140. The van der Waals surface area contributed by atoms with Crippen LogP contribution < -0.4 is 14.8 Å². The summed E-state index contributed by atoms with van der Waals surface area (Å²) in [6.45, 7) is -0.419. The molecule has 1 heterocycles. The molecule has 0 spiro atoms. The van der Waals surface area contributed by atoms with Crippen molar-refractivity contribution in [2.24, 2.45) is 0 Å². The molecule has 1 aromatic heterocycles. The molecule has 5 aromatic rings. The van der Waals surface area contributed by atoms with Crippen molar-refractivity contribution in [3.8, 4) is 34.6 Å². The number of aromatic nitrogens is 2. The zero-order valence-electron chi connectivity index (χ0n) is 22.2. The van der Waals surface area contributed by atoms with Crippen molar-refractivity contribution in [2.45, 2.75) is 19.2 Å². The summed E-state index contributed by atoms with van der Waals surface area (Å²) in [5.41, 5.74) is 4.44. The maximum Gasteiger partial charge on any atom is 0.323 e. The fraction of sp³-hybridized carbons (Fsp3) is 0.125. The quantitative estimate of drug-likeness (QED) is 0.179. The number of ether oxygens (including phenoxy) is 2. The van der Waals surface area contributed by atoms with Crippen LogP contribution in [0.2, 0.25) is 5.02 Å². The van der Waals surface area contributed by atoms with Gasteiger partial charge in [0.15, 0.2) is 5.75 Å². The molecule has 42 heavy (non-hydrogen) atoms. The Balaban J connectivity index is 1.49. The molecule has 0 aliphatic carbocycles. The van der Waals surface area contributed by atoms with E-state index in [1.54, 1.807) is 30.3 Å². The molecule has 0 unspecified atom stereocenters. The standard InChI is InChI=1S/C32H25ClN4O5/c33-26-13-23(16-35-27(17-38)32(39)40)28(41-18-21-7-4-6-20(12-21)15-34)14-29(26)42-31-25-11-5-10-24(30(25)36-19-37-31)22-8-2-1-3-9-22/h1-14,19,27,35,38H,16-18H2,(H,39,40)/t27-/m1/s1. The second-order valence-electron chi connectivity index (χ2n) is 9.29. The van der Waals surface area contributed by atoms with Crippen molar-refractivity contribution in [3.05, 3.63) is 113 Å². The number of halogens is 1. The van der Waals surface area contributed by atoms with Crippen LogP contribution in [-0.4, -0.2) is 38.8 Å². The van der Waals surface area contributed by atoms with Crippen molar-refractivity contribution in [1.29, 1.82) is 5.26 Å². The van der Waals surface area contributed by atoms with Crippen molar-refractivity contribution in [1.82, 2.24) is 15.3 Å². The number of nitrogens with zero attached hydrogens (tertiary/aromatic N) is 3. The van der Waals surface area contributed by atoms with Crippen LogP contribution in [0.3, 0.4) is 0 Å². The molecule has 0 saturated carbocycles. The zero-order chi connectivity index (χ0) is 29.5. The summed E-state index contributed by atoms with van der Waals surface area (Å²) in [5, 5.41) is 31.7. The van der Waals surface area contributed by atoms with E-state index >= 15 is 0 Å². The lowest BCUT2D eigenvalue weighted by Crippen LogP contribution is -2.39. The van der Waals surface area contributed by atoms with E-state index in [0.29, 0.717) is 33.7 Å². The first-order chi connectivity index (χ1) is 20.5. The molecule has 5 rings (SSSR count). The number of carbonyl (C=O) groups is 1. The fourth-order valence-electron chi connectivity index (χ4n) is 4.38. The summed E-state index contributed by atoms with van der Waals surface area (Å²) in [5.74, 6) is -0.257. The predicted octanol–water partition coefficient (Wildman–Crippen LogP) is 5.73. The molecule has 3 N–H and O–H groups in total. The first-order valence-corrected chi connectivity index (χ1v) is 13.3. The highest BCUT2D eigenvalue weighted by atomic mass is 35.5. The van der Waals surface area contributed by atoms with Gasteiger partial charge in [-0.1, -0.05) is 66.2 Å². The Morgan fingerprint density at radius 1 is 1.00 bits per heavy atom. The highest BCUT2D eigenvalue weighted by Gasteiger charge is 2.19. The number of aliphatic hydroxyl groups is 1. The predicted molar refractivity (Wildman–Crippen MR) is 157 cm³/mol. The number of hydrogen-bond acceptors (Lipinski definition) is 8. The van der Waals surface area contributed by atoms with Crippen molar-refractivity contribution in [2.75, 3.05) is 6.61 Å². The molecule has 4 aromatic carbocycles. The van der Waals surface area contributed by atoms with E-state index in [-0.39, 0.29) is 23.9 Å². The maximum absolute atomic E-state index is 11.4. The van der Waals surface area contributed by atoms with E-state index in [9.17, 15) is 20.3 Å². The van der Waals surface area contributed by atoms with Gasteiger partial charge < -0.3 is 19.7 Å². The van der Waals surface area contributed by atoms with Gasteiger partial charge in [-0.2, -0.15) is 5.26 Å². The summed E-state index contributed by atoms with van der Waals surface area (Å²) in [6, 6.07) is 26.8. The Labute approximate surface area is 246 Å². The Hall–Kier alpha value is -5.01. The summed E-state index contributed by atoms with van der Waals surface area (Å²) < 4.78 is 12.3. The fourth-order valence-corrected chi connectivity index (χ4v) is 4.61. The Morgan fingerprint density at radius 3 is 2.57 bits per heavy atom. The van der Waals surface area contributed by atoms with Crippen LogP contribution in [0, 0.1) is 11.3 Å². The van der Waals surface area contributed by atoms with Crippen LogP contribution >= 0.6 is 11.6 Å². The topological polar surface area (TPSA) is 138 Å². The molecule has 210 valence electrons. The highest BCUT2D eigenvalue weighted by molar-refractivity contribution is 6.32. The molecular formula is C32H25ClN4O5. The summed E-state index contributed by atoms with van der Waals surface area (Å²) in [6.07, 6.45) is 1.43. The van der Waals surface area contributed by atoms with Crippen molar-refractivity contribution in [3.63, 3.8) is 0 Å². The number of nitriles is 1. The summed E-state index contributed by atoms with van der Waals surface area (Å²) in [4.78, 5) is 20.3. The molecule has 0 saturated heterocycles. The van der Waals surface area contributed by atoms with Gasteiger partial charge in [0.1, 0.15) is 24.7 Å². The molecular weight excluding hydrogens is 556 g/mol. The Bertz CT molecular complexity index is 1780. The van der Waals surface area contributed by atoms with E-state index in [2.05, 4.69) is 21.4 Å². The number of nitrogens with one attached hydrogen (secondary N) is 1. The average molecular weight is 581 g/mol. The van der Waals surface area contributed by atoms with E-state index < -0.39 is 18.6 Å². The molecule has 0 radical (unpaired) electrons. The van der Waals surface area contributed by atoms with Crippen LogP contribution in [0.4, 0.5) is 0 Å². The van der Waals surface area contributed by atoms with E-state index in [0.717, 1.165) is 16.7 Å². The minimum absolute atomic E-state index is 0.0436. The first-order valence-electron chi connectivity index (χ1n) is 12.9. The Kier molecular flexibility index (Phi) is 8.90. The number of para-hydroxylation sites is 1. The summed E-state index contributed by atoms with van der Waals surface area (Å²) >= 11 is 6.64. The SMILES string of the molecule is N#Cc1cccc(COc2cc(Oc3ncnc4c(-c5ccccc5)cccc34)c(Cl)cc2CN[C@H](CO)C(=O)O)c1. The maximum atomic E-state index is 11.4. The van der Waals surface area contributed by atoms with Gasteiger partial charge in [-0.25, -0.2) is 9.97 Å². The van der Waals surface area contributed by atoms with Gasteiger partial charge in [0, 0.05) is 23.7 Å². The van der Waals surface area contributed by atoms with Gasteiger partial charge in [0.05, 0.1) is 34.2 Å². The van der Waals surface area contributed by atoms with Gasteiger partial charge in [-0.05, 0) is 35.4 Å². The van der Waals surface area contributed by atoms with Gasteiger partial charge in [-0.15, -0.1) is 0 Å². The lowest BCUT2D eigenvalue weighted by Gasteiger charge is -2.18. The molecule has 0 amide bonds. The Morgan fingerprint density at radius 2 is 1.81 bits per heavy atom. The van der Waals surface area contributed by atoms with Gasteiger partial charge in [0.25, 0.3) is 0 Å². The molecule has 10 heteroatoms. The van der Waals surface area contributed by atoms with Gasteiger partial charge >= 0.3 is 5.97 Å². The minimum atomic E-state index is -1.19. The van der Waals surface area contributed by atoms with Crippen LogP contribution in [-0.2, 0) is 17.9 Å². The number of carboxylic acid groups (broad SMARTS) is 1. The molecule has 9 nitrogen and oxygen atoms in total. The third kappa shape index (κ3) is 6.48. The second-order valence-corrected chi connectivity index (χ2v) is 9.70. The van der Waals surface area contributed by atoms with E-state index in [1.807, 2.05) is 54.6 Å². The smallest absolute Gasteiger partial charge is 0.323 e. The largest absolute Gasteiger partial charge is 0.488 e.